The smallest absolute Gasteiger partial charge is 0.264 e. The highest BCUT2D eigenvalue weighted by atomic mass is 35.5. The zero-order valence-electron chi connectivity index (χ0n) is 19.6. The van der Waals surface area contributed by atoms with Gasteiger partial charge >= 0.3 is 0 Å². The molecule has 1 amide bonds. The third kappa shape index (κ3) is 4.91. The van der Waals surface area contributed by atoms with E-state index < -0.39 is 10.0 Å². The van der Waals surface area contributed by atoms with Gasteiger partial charge in [0.1, 0.15) is 0 Å². The van der Waals surface area contributed by atoms with Crippen LogP contribution in [0.5, 0.6) is 0 Å². The molecule has 33 heavy (non-hydrogen) atoms. The first-order valence-corrected chi connectivity index (χ1v) is 13.4. The number of carbonyl (C=O) groups is 1. The molecule has 2 heterocycles. The third-order valence-corrected chi connectivity index (χ3v) is 8.69. The maximum Gasteiger partial charge on any atom is 0.264 e. The number of hydrogen-bond acceptors (Lipinski definition) is 4. The number of amides is 1. The monoisotopic (exact) mass is 489 g/mol. The molecular weight excluding hydrogens is 458 g/mol. The highest BCUT2D eigenvalue weighted by molar-refractivity contribution is 7.92. The Labute approximate surface area is 202 Å². The topological polar surface area (TPSA) is 60.9 Å². The van der Waals surface area contributed by atoms with E-state index in [0.29, 0.717) is 25.3 Å². The Morgan fingerprint density at radius 1 is 0.939 bits per heavy atom. The largest absolute Gasteiger partial charge is 0.337 e. The zero-order valence-corrected chi connectivity index (χ0v) is 21.1. The van der Waals surface area contributed by atoms with Crippen molar-refractivity contribution in [3.05, 3.63) is 58.6 Å². The van der Waals surface area contributed by atoms with E-state index in [2.05, 4.69) is 25.7 Å². The van der Waals surface area contributed by atoms with Gasteiger partial charge in [-0.15, -0.1) is 0 Å². The quantitative estimate of drug-likeness (QED) is 0.640. The van der Waals surface area contributed by atoms with Crippen molar-refractivity contribution in [2.45, 2.75) is 50.5 Å². The summed E-state index contributed by atoms with van der Waals surface area (Å²) in [5.41, 5.74) is 2.01. The van der Waals surface area contributed by atoms with Crippen LogP contribution in [0, 0.1) is 0 Å². The third-order valence-electron chi connectivity index (χ3n) is 6.56. The summed E-state index contributed by atoms with van der Waals surface area (Å²) in [7, 11) is -3.82. The van der Waals surface area contributed by atoms with E-state index >= 15 is 0 Å². The number of benzene rings is 2. The van der Waals surface area contributed by atoms with Crippen molar-refractivity contribution < 1.29 is 13.2 Å². The zero-order chi connectivity index (χ0) is 23.8. The van der Waals surface area contributed by atoms with Crippen LogP contribution in [0.2, 0.25) is 5.02 Å². The lowest BCUT2D eigenvalue weighted by Crippen LogP contribution is -2.44. The SMILES string of the molecule is CC(C)(C)N1CCCN(C(=O)c2cc(S(=O)(=O)N3CCCc4ccccc43)ccc2Cl)CC1. The molecular formula is C25H32ClN3O3S. The molecule has 0 aliphatic carbocycles. The van der Waals surface area contributed by atoms with E-state index in [1.807, 2.05) is 24.3 Å². The van der Waals surface area contributed by atoms with Gasteiger partial charge in [-0.25, -0.2) is 8.42 Å². The lowest BCUT2D eigenvalue weighted by Gasteiger charge is -2.34. The molecule has 2 aliphatic heterocycles. The molecule has 8 heteroatoms. The number of anilines is 1. The second-order valence-corrected chi connectivity index (χ2v) is 12.0. The number of sulfonamides is 1. The van der Waals surface area contributed by atoms with Crippen molar-refractivity contribution >= 4 is 33.2 Å². The highest BCUT2D eigenvalue weighted by Crippen LogP contribution is 2.33. The van der Waals surface area contributed by atoms with Gasteiger partial charge in [0.2, 0.25) is 0 Å². The maximum atomic E-state index is 13.6. The molecule has 178 valence electrons. The molecule has 6 nitrogen and oxygen atoms in total. The van der Waals surface area contributed by atoms with E-state index in [9.17, 15) is 13.2 Å². The van der Waals surface area contributed by atoms with E-state index in [4.69, 9.17) is 11.6 Å². The predicted molar refractivity (Wildman–Crippen MR) is 133 cm³/mol. The van der Waals surface area contributed by atoms with Gasteiger partial charge in [-0.2, -0.15) is 0 Å². The molecule has 1 saturated heterocycles. The van der Waals surface area contributed by atoms with Gasteiger partial charge < -0.3 is 4.90 Å². The van der Waals surface area contributed by atoms with Gasteiger partial charge in [0.15, 0.2) is 0 Å². The Hall–Kier alpha value is -2.09. The van der Waals surface area contributed by atoms with Gasteiger partial charge in [-0.05, 0) is 69.9 Å². The van der Waals surface area contributed by atoms with Crippen LogP contribution in [0.1, 0.15) is 49.5 Å². The van der Waals surface area contributed by atoms with Crippen LogP contribution < -0.4 is 4.31 Å². The van der Waals surface area contributed by atoms with Crippen molar-refractivity contribution in [2.75, 3.05) is 37.0 Å². The van der Waals surface area contributed by atoms with E-state index in [1.165, 1.54) is 22.5 Å². The van der Waals surface area contributed by atoms with Crippen molar-refractivity contribution in [2.24, 2.45) is 0 Å². The molecule has 0 radical (unpaired) electrons. The lowest BCUT2D eigenvalue weighted by molar-refractivity contribution is 0.0749. The van der Waals surface area contributed by atoms with Crippen molar-refractivity contribution in [1.29, 1.82) is 0 Å². The van der Waals surface area contributed by atoms with Crippen LogP contribution in [0.25, 0.3) is 0 Å². The first-order valence-electron chi connectivity index (χ1n) is 11.5. The Morgan fingerprint density at radius 2 is 1.70 bits per heavy atom. The fourth-order valence-electron chi connectivity index (χ4n) is 4.67. The molecule has 0 unspecified atom stereocenters. The van der Waals surface area contributed by atoms with Gasteiger partial charge in [0, 0.05) is 38.3 Å². The second kappa shape index (κ2) is 9.28. The number of nitrogens with zero attached hydrogens (tertiary/aromatic N) is 3. The molecule has 1 fully saturated rings. The fourth-order valence-corrected chi connectivity index (χ4v) is 6.43. The van der Waals surface area contributed by atoms with Crippen LogP contribution in [-0.2, 0) is 16.4 Å². The number of hydrogen-bond donors (Lipinski definition) is 0. The predicted octanol–water partition coefficient (Wildman–Crippen LogP) is 4.43. The normalized spacial score (nSPS) is 18.1. The number of carbonyl (C=O) groups excluding carboxylic acids is 1. The first-order chi connectivity index (χ1) is 15.6. The van der Waals surface area contributed by atoms with Gasteiger partial charge in [-0.3, -0.25) is 14.0 Å². The average Bonchev–Trinajstić information content (AvgIpc) is 3.05. The number of halogens is 1. The summed E-state index contributed by atoms with van der Waals surface area (Å²) in [4.78, 5) is 17.7. The molecule has 0 N–H and O–H groups in total. The Balaban J connectivity index is 1.61. The molecule has 0 saturated carbocycles. The van der Waals surface area contributed by atoms with Crippen LogP contribution >= 0.6 is 11.6 Å². The first kappa shape index (κ1) is 24.0. The van der Waals surface area contributed by atoms with E-state index in [1.54, 1.807) is 4.90 Å². The molecule has 2 aromatic rings. The average molecular weight is 490 g/mol. The summed E-state index contributed by atoms with van der Waals surface area (Å²) in [5, 5.41) is 0.273. The molecule has 0 atom stereocenters. The molecule has 4 rings (SSSR count). The van der Waals surface area contributed by atoms with E-state index in [0.717, 1.165) is 37.9 Å². The van der Waals surface area contributed by atoms with Crippen molar-refractivity contribution in [1.82, 2.24) is 9.80 Å². The standard InChI is InChI=1S/C25H32ClN3O3S/c1-25(2,3)28-14-7-13-27(16-17-28)24(30)21-18-20(11-12-22(21)26)33(31,32)29-15-6-9-19-8-4-5-10-23(19)29/h4-5,8,10-12,18H,6-7,9,13-17H2,1-3H3. The van der Waals surface area contributed by atoms with E-state index in [-0.39, 0.29) is 26.9 Å². The highest BCUT2D eigenvalue weighted by Gasteiger charge is 2.31. The van der Waals surface area contributed by atoms with Crippen LogP contribution in [0.3, 0.4) is 0 Å². The van der Waals surface area contributed by atoms with Gasteiger partial charge in [0.05, 0.1) is 21.2 Å². The minimum Gasteiger partial charge on any atom is -0.337 e. The summed E-state index contributed by atoms with van der Waals surface area (Å²) in [5.74, 6) is -0.216. The summed E-state index contributed by atoms with van der Waals surface area (Å²) in [6.07, 6.45) is 2.48. The van der Waals surface area contributed by atoms with Crippen LogP contribution in [0.15, 0.2) is 47.4 Å². The lowest BCUT2D eigenvalue weighted by atomic mass is 10.0. The maximum absolute atomic E-state index is 13.6. The molecule has 2 aromatic carbocycles. The molecule has 0 aromatic heterocycles. The van der Waals surface area contributed by atoms with Crippen molar-refractivity contribution in [3.63, 3.8) is 0 Å². The number of fused-ring (bicyclic) bond motifs is 1. The van der Waals surface area contributed by atoms with Gasteiger partial charge in [0.25, 0.3) is 15.9 Å². The number of rotatable bonds is 3. The number of para-hydroxylation sites is 1. The summed E-state index contributed by atoms with van der Waals surface area (Å²) in [6.45, 7) is 9.84. The molecule has 2 aliphatic rings. The second-order valence-electron chi connectivity index (χ2n) is 9.75. The number of aryl methyl sites for hydroxylation is 1. The van der Waals surface area contributed by atoms with Crippen molar-refractivity contribution in [3.8, 4) is 0 Å². The summed E-state index contributed by atoms with van der Waals surface area (Å²) in [6, 6.07) is 12.1. The summed E-state index contributed by atoms with van der Waals surface area (Å²) < 4.78 is 28.6. The minimum absolute atomic E-state index is 0.0371. The molecule has 0 bridgehead atoms. The Morgan fingerprint density at radius 3 is 2.45 bits per heavy atom. The van der Waals surface area contributed by atoms with Crippen LogP contribution in [-0.4, -0.2) is 62.4 Å². The minimum atomic E-state index is -3.82. The Kier molecular flexibility index (Phi) is 6.76. The molecule has 0 spiro atoms. The van der Waals surface area contributed by atoms with Crippen LogP contribution in [0.4, 0.5) is 5.69 Å². The van der Waals surface area contributed by atoms with Gasteiger partial charge in [-0.1, -0.05) is 29.8 Å². The fraction of sp³-hybridized carbons (Fsp3) is 0.480. The summed E-state index contributed by atoms with van der Waals surface area (Å²) >= 11 is 6.40. The Bertz CT molecular complexity index is 1140.